The van der Waals surface area contributed by atoms with E-state index in [2.05, 4.69) is 38.6 Å². The molecule has 0 bridgehead atoms. The van der Waals surface area contributed by atoms with Crippen molar-refractivity contribution in [3.05, 3.63) is 70.2 Å². The molecule has 1 amide bonds. The Hall–Kier alpha value is -2.44. The molecule has 5 nitrogen and oxygen atoms in total. The number of piperidine rings is 1. The van der Waals surface area contributed by atoms with E-state index >= 15 is 0 Å². The van der Waals surface area contributed by atoms with Gasteiger partial charge in [-0.25, -0.2) is 0 Å². The van der Waals surface area contributed by atoms with Gasteiger partial charge in [-0.2, -0.15) is 0 Å². The first-order valence-electron chi connectivity index (χ1n) is 9.35. The van der Waals surface area contributed by atoms with Crippen molar-refractivity contribution in [1.82, 2.24) is 10.2 Å². The first kappa shape index (κ1) is 18.9. The number of carbonyl (C=O) groups excluding carboxylic acids is 1. The lowest BCUT2D eigenvalue weighted by Crippen LogP contribution is -2.38. The number of halogens is 1. The van der Waals surface area contributed by atoms with Gasteiger partial charge in [-0.15, -0.1) is 10.2 Å². The van der Waals surface area contributed by atoms with Gasteiger partial charge in [-0.3, -0.25) is 4.79 Å². The van der Waals surface area contributed by atoms with Crippen LogP contribution in [0.15, 0.2) is 54.6 Å². The number of nitrogens with zero attached hydrogens (tertiary/aromatic N) is 3. The zero-order chi connectivity index (χ0) is 19.3. The zero-order valence-electron chi connectivity index (χ0n) is 15.3. The van der Waals surface area contributed by atoms with Gasteiger partial charge in [0.05, 0.1) is 0 Å². The molecule has 1 N–H and O–H groups in total. The molecule has 0 unspecified atom stereocenters. The Morgan fingerprint density at radius 3 is 2.64 bits per heavy atom. The van der Waals surface area contributed by atoms with Gasteiger partial charge in [-0.1, -0.05) is 59.3 Å². The second-order valence-electron chi connectivity index (χ2n) is 6.89. The predicted octanol–water partition coefficient (Wildman–Crippen LogP) is 4.64. The maximum atomic E-state index is 12.6. The van der Waals surface area contributed by atoms with Gasteiger partial charge in [0.1, 0.15) is 5.01 Å². The monoisotopic (exact) mass is 412 g/mol. The lowest BCUT2D eigenvalue weighted by Gasteiger charge is -2.32. The van der Waals surface area contributed by atoms with Crippen molar-refractivity contribution in [1.29, 1.82) is 0 Å². The highest BCUT2D eigenvalue weighted by atomic mass is 35.5. The maximum absolute atomic E-state index is 12.6. The molecule has 1 fully saturated rings. The van der Waals surface area contributed by atoms with E-state index in [9.17, 15) is 4.79 Å². The van der Waals surface area contributed by atoms with Gasteiger partial charge in [-0.05, 0) is 36.6 Å². The van der Waals surface area contributed by atoms with Crippen LogP contribution in [0.5, 0.6) is 0 Å². The minimum absolute atomic E-state index is 0.00286. The van der Waals surface area contributed by atoms with Crippen LogP contribution in [0.3, 0.4) is 0 Å². The van der Waals surface area contributed by atoms with Gasteiger partial charge < -0.3 is 10.2 Å². The standard InChI is InChI=1S/C21H21ClN4OS/c22-17-7-4-8-18(14-17)26-11-9-16(10-12-26)20(27)23-21-25-24-19(28-21)13-15-5-2-1-3-6-15/h1-8,14,16H,9-13H2,(H,23,25,27). The molecule has 28 heavy (non-hydrogen) atoms. The Morgan fingerprint density at radius 1 is 1.11 bits per heavy atom. The van der Waals surface area contributed by atoms with E-state index in [-0.39, 0.29) is 11.8 Å². The number of nitrogens with one attached hydrogen (secondary N) is 1. The fourth-order valence-corrected chi connectivity index (χ4v) is 4.39. The van der Waals surface area contributed by atoms with Crippen LogP contribution >= 0.6 is 22.9 Å². The van der Waals surface area contributed by atoms with Crippen LogP contribution < -0.4 is 10.2 Å². The molecule has 0 aliphatic carbocycles. The second-order valence-corrected chi connectivity index (χ2v) is 8.39. The molecule has 2 heterocycles. The Kier molecular flexibility index (Phi) is 5.88. The summed E-state index contributed by atoms with van der Waals surface area (Å²) in [6, 6.07) is 18.0. The fraction of sp³-hybridized carbons (Fsp3) is 0.286. The molecule has 1 aromatic heterocycles. The van der Waals surface area contributed by atoms with Gasteiger partial charge in [0, 0.05) is 36.1 Å². The molecule has 3 aromatic rings. The molecule has 1 aliphatic rings. The van der Waals surface area contributed by atoms with E-state index < -0.39 is 0 Å². The van der Waals surface area contributed by atoms with E-state index in [1.165, 1.54) is 16.9 Å². The Labute approximate surface area is 173 Å². The number of anilines is 2. The molecule has 0 spiro atoms. The van der Waals surface area contributed by atoms with E-state index in [4.69, 9.17) is 11.6 Å². The highest BCUT2D eigenvalue weighted by molar-refractivity contribution is 7.15. The zero-order valence-corrected chi connectivity index (χ0v) is 16.9. The van der Waals surface area contributed by atoms with Crippen LogP contribution in [0.25, 0.3) is 0 Å². The smallest absolute Gasteiger partial charge is 0.229 e. The van der Waals surface area contributed by atoms with Crippen molar-refractivity contribution >= 4 is 39.7 Å². The third-order valence-corrected chi connectivity index (χ3v) is 6.01. The Bertz CT molecular complexity index is 938. The summed E-state index contributed by atoms with van der Waals surface area (Å²) in [6.45, 7) is 1.68. The highest BCUT2D eigenvalue weighted by Gasteiger charge is 2.26. The second kappa shape index (κ2) is 8.71. The lowest BCUT2D eigenvalue weighted by molar-refractivity contribution is -0.120. The number of aromatic nitrogens is 2. The average Bonchev–Trinajstić information content (AvgIpc) is 3.15. The summed E-state index contributed by atoms with van der Waals surface area (Å²) < 4.78 is 0. The third-order valence-electron chi connectivity index (χ3n) is 4.93. The molecule has 1 saturated heterocycles. The van der Waals surface area contributed by atoms with Crippen LogP contribution in [0, 0.1) is 5.92 Å². The van der Waals surface area contributed by atoms with Crippen molar-refractivity contribution in [3.63, 3.8) is 0 Å². The van der Waals surface area contributed by atoms with Crippen molar-refractivity contribution < 1.29 is 4.79 Å². The molecule has 0 atom stereocenters. The molecule has 1 aliphatic heterocycles. The molecular formula is C21H21ClN4OS. The highest BCUT2D eigenvalue weighted by Crippen LogP contribution is 2.27. The van der Waals surface area contributed by atoms with Crippen LogP contribution in [0.2, 0.25) is 5.02 Å². The summed E-state index contributed by atoms with van der Waals surface area (Å²) >= 11 is 7.52. The van der Waals surface area contributed by atoms with E-state index in [1.807, 2.05) is 36.4 Å². The summed E-state index contributed by atoms with van der Waals surface area (Å²) in [5.74, 6) is 0.0325. The average molecular weight is 413 g/mol. The summed E-state index contributed by atoms with van der Waals surface area (Å²) in [4.78, 5) is 14.9. The number of benzene rings is 2. The van der Waals surface area contributed by atoms with Crippen molar-refractivity contribution in [2.24, 2.45) is 5.92 Å². The van der Waals surface area contributed by atoms with Crippen molar-refractivity contribution in [2.45, 2.75) is 19.3 Å². The molecule has 0 saturated carbocycles. The number of hydrogen-bond donors (Lipinski definition) is 1. The van der Waals surface area contributed by atoms with E-state index in [1.54, 1.807) is 0 Å². The van der Waals surface area contributed by atoms with Gasteiger partial charge >= 0.3 is 0 Å². The number of hydrogen-bond acceptors (Lipinski definition) is 5. The number of rotatable bonds is 5. The van der Waals surface area contributed by atoms with Gasteiger partial charge in [0.25, 0.3) is 0 Å². The molecule has 144 valence electrons. The van der Waals surface area contributed by atoms with Crippen molar-refractivity contribution in [3.8, 4) is 0 Å². The Morgan fingerprint density at radius 2 is 1.89 bits per heavy atom. The number of amides is 1. The summed E-state index contributed by atoms with van der Waals surface area (Å²) in [5, 5.41) is 13.5. The molecule has 7 heteroatoms. The quantitative estimate of drug-likeness (QED) is 0.663. The first-order valence-corrected chi connectivity index (χ1v) is 10.5. The van der Waals surface area contributed by atoms with Gasteiger partial charge in [0.2, 0.25) is 11.0 Å². The molecular weight excluding hydrogens is 392 g/mol. The SMILES string of the molecule is O=C(Nc1nnc(Cc2ccccc2)s1)C1CCN(c2cccc(Cl)c2)CC1. The third kappa shape index (κ3) is 4.69. The lowest BCUT2D eigenvalue weighted by atomic mass is 9.95. The molecule has 0 radical (unpaired) electrons. The Balaban J connectivity index is 1.30. The van der Waals surface area contributed by atoms with Gasteiger partial charge in [0.15, 0.2) is 0 Å². The van der Waals surface area contributed by atoms with E-state index in [0.717, 1.165) is 48.1 Å². The fourth-order valence-electron chi connectivity index (χ4n) is 3.43. The van der Waals surface area contributed by atoms with Crippen molar-refractivity contribution in [2.75, 3.05) is 23.3 Å². The topological polar surface area (TPSA) is 58.1 Å². The molecule has 2 aromatic carbocycles. The van der Waals surface area contributed by atoms with Crippen LogP contribution in [0.1, 0.15) is 23.4 Å². The summed E-state index contributed by atoms with van der Waals surface area (Å²) in [6.07, 6.45) is 2.36. The van der Waals surface area contributed by atoms with Crippen LogP contribution in [-0.2, 0) is 11.2 Å². The number of carbonyl (C=O) groups is 1. The summed E-state index contributed by atoms with van der Waals surface area (Å²) in [7, 11) is 0. The predicted molar refractivity (Wildman–Crippen MR) is 114 cm³/mol. The minimum atomic E-state index is -0.00286. The largest absolute Gasteiger partial charge is 0.371 e. The van der Waals surface area contributed by atoms with Crippen LogP contribution in [0.4, 0.5) is 10.8 Å². The maximum Gasteiger partial charge on any atom is 0.229 e. The first-order chi connectivity index (χ1) is 13.7. The van der Waals surface area contributed by atoms with Crippen LogP contribution in [-0.4, -0.2) is 29.2 Å². The minimum Gasteiger partial charge on any atom is -0.371 e. The molecule has 4 rings (SSSR count). The van der Waals surface area contributed by atoms with E-state index in [0.29, 0.717) is 5.13 Å². The normalized spacial score (nSPS) is 14.8. The summed E-state index contributed by atoms with van der Waals surface area (Å²) in [5.41, 5.74) is 2.30.